The number of ether oxygens (including phenoxy) is 2. The van der Waals surface area contributed by atoms with Gasteiger partial charge in [0.25, 0.3) is 5.91 Å². The smallest absolute Gasteiger partial charge is 0.466 e. The predicted molar refractivity (Wildman–Crippen MR) is 184 cm³/mol. The fourth-order valence-corrected chi connectivity index (χ4v) is 5.91. The van der Waals surface area contributed by atoms with E-state index in [1.54, 1.807) is 43.3 Å². The molecular weight excluding hydrogens is 657 g/mol. The van der Waals surface area contributed by atoms with Gasteiger partial charge in [-0.05, 0) is 103 Å². The van der Waals surface area contributed by atoms with E-state index in [0.29, 0.717) is 34.7 Å². The second-order valence-electron chi connectivity index (χ2n) is 11.4. The molecule has 2 N–H and O–H groups in total. The molecule has 0 heterocycles. The molecule has 0 fully saturated rings. The van der Waals surface area contributed by atoms with E-state index in [-0.39, 0.29) is 31.4 Å². The summed E-state index contributed by atoms with van der Waals surface area (Å²) in [4.78, 5) is 38.4. The third-order valence-corrected chi connectivity index (χ3v) is 8.17. The van der Waals surface area contributed by atoms with Gasteiger partial charge in [0.15, 0.2) is 0 Å². The van der Waals surface area contributed by atoms with Crippen molar-refractivity contribution in [2.24, 2.45) is 0 Å². The van der Waals surface area contributed by atoms with Crippen LogP contribution in [0.4, 0.5) is 18.9 Å². The average Bonchev–Trinajstić information content (AvgIpc) is 3.05. The zero-order valence-corrected chi connectivity index (χ0v) is 28.2. The Kier molecular flexibility index (Phi) is 12.8. The fraction of sp³-hybridized carbons (Fsp3) is 0.289. The lowest BCUT2D eigenvalue weighted by Crippen LogP contribution is -2.27. The molecule has 0 aliphatic carbocycles. The summed E-state index contributed by atoms with van der Waals surface area (Å²) in [5.74, 6) is -2.71. The molecule has 2 amide bonds. The number of hydrogen-bond acceptors (Lipinski definition) is 5. The lowest BCUT2D eigenvalue weighted by atomic mass is 9.78. The van der Waals surface area contributed by atoms with Gasteiger partial charge in [-0.2, -0.15) is 0 Å². The van der Waals surface area contributed by atoms with Crippen LogP contribution in [0.2, 0.25) is 5.02 Å². The Balaban J connectivity index is 1.61. The number of aryl methyl sites for hydroxylation is 1. The second kappa shape index (κ2) is 17.0. The zero-order chi connectivity index (χ0) is 35.6. The van der Waals surface area contributed by atoms with Gasteiger partial charge >= 0.3 is 12.3 Å². The van der Waals surface area contributed by atoms with Crippen molar-refractivity contribution in [2.45, 2.75) is 58.2 Å². The van der Waals surface area contributed by atoms with Crippen molar-refractivity contribution in [1.82, 2.24) is 5.32 Å². The summed E-state index contributed by atoms with van der Waals surface area (Å²) in [7, 11) is 0. The third kappa shape index (κ3) is 10.6. The highest BCUT2D eigenvalue weighted by atomic mass is 35.5. The Hall–Kier alpha value is -4.83. The Labute approximate surface area is 288 Å². The van der Waals surface area contributed by atoms with Crippen molar-refractivity contribution in [2.75, 3.05) is 18.5 Å². The molecular formula is C38H38ClF3N2O5. The Bertz CT molecular complexity index is 1730. The van der Waals surface area contributed by atoms with Crippen LogP contribution in [0.1, 0.15) is 72.0 Å². The number of anilines is 1. The summed E-state index contributed by atoms with van der Waals surface area (Å²) in [5.41, 5.74) is 5.14. The number of alkyl halides is 3. The van der Waals surface area contributed by atoms with Crippen LogP contribution in [-0.2, 0) is 14.3 Å². The molecule has 49 heavy (non-hydrogen) atoms. The van der Waals surface area contributed by atoms with Gasteiger partial charge in [0, 0.05) is 22.8 Å². The Morgan fingerprint density at radius 2 is 1.51 bits per heavy atom. The highest BCUT2D eigenvalue weighted by molar-refractivity contribution is 6.30. The Morgan fingerprint density at radius 3 is 2.10 bits per heavy atom. The van der Waals surface area contributed by atoms with E-state index in [4.69, 9.17) is 16.3 Å². The zero-order valence-electron chi connectivity index (χ0n) is 27.4. The number of benzene rings is 4. The van der Waals surface area contributed by atoms with Crippen LogP contribution in [0.5, 0.6) is 5.75 Å². The summed E-state index contributed by atoms with van der Waals surface area (Å²) >= 11 is 6.12. The van der Waals surface area contributed by atoms with Crippen molar-refractivity contribution in [3.63, 3.8) is 0 Å². The van der Waals surface area contributed by atoms with Gasteiger partial charge in [-0.3, -0.25) is 14.4 Å². The molecule has 0 spiro atoms. The molecule has 4 aromatic rings. The largest absolute Gasteiger partial charge is 0.573 e. The first-order valence-electron chi connectivity index (χ1n) is 16.0. The van der Waals surface area contributed by atoms with Crippen LogP contribution in [0.25, 0.3) is 11.1 Å². The SMILES string of the molecule is CCC[C@@H](c1ccc(C(=O)NCCC(=O)OCC)cc1)[C@H](C(=O)Nc1ccc(-c2ccc(Cl)cc2C)cc1)c1ccc(OC(F)(F)F)cc1. The van der Waals surface area contributed by atoms with Crippen molar-refractivity contribution in [1.29, 1.82) is 0 Å². The average molecular weight is 695 g/mol. The van der Waals surface area contributed by atoms with E-state index >= 15 is 0 Å². The van der Waals surface area contributed by atoms with Gasteiger partial charge in [0.2, 0.25) is 5.91 Å². The molecule has 0 saturated heterocycles. The topological polar surface area (TPSA) is 93.7 Å². The highest BCUT2D eigenvalue weighted by Crippen LogP contribution is 2.39. The number of rotatable bonds is 14. The lowest BCUT2D eigenvalue weighted by molar-refractivity contribution is -0.274. The maximum atomic E-state index is 14.1. The maximum Gasteiger partial charge on any atom is 0.573 e. The van der Waals surface area contributed by atoms with Crippen LogP contribution in [0, 0.1) is 6.92 Å². The molecule has 0 bridgehead atoms. The summed E-state index contributed by atoms with van der Waals surface area (Å²) in [6, 6.07) is 25.1. The minimum Gasteiger partial charge on any atom is -0.466 e. The van der Waals surface area contributed by atoms with E-state index < -0.39 is 29.9 Å². The first kappa shape index (κ1) is 37.0. The summed E-state index contributed by atoms with van der Waals surface area (Å²) in [6.07, 6.45) is -3.54. The van der Waals surface area contributed by atoms with Crippen molar-refractivity contribution in [3.8, 4) is 16.9 Å². The maximum absolute atomic E-state index is 14.1. The number of carbonyl (C=O) groups is 3. The molecule has 11 heteroatoms. The van der Waals surface area contributed by atoms with Crippen LogP contribution in [-0.4, -0.2) is 37.3 Å². The summed E-state index contributed by atoms with van der Waals surface area (Å²) < 4.78 is 47.6. The quantitative estimate of drug-likeness (QED) is 0.128. The van der Waals surface area contributed by atoms with E-state index in [9.17, 15) is 27.6 Å². The van der Waals surface area contributed by atoms with E-state index in [2.05, 4.69) is 15.4 Å². The lowest BCUT2D eigenvalue weighted by Gasteiger charge is -2.28. The Morgan fingerprint density at radius 1 is 0.857 bits per heavy atom. The molecule has 0 aliphatic heterocycles. The van der Waals surface area contributed by atoms with E-state index in [0.717, 1.165) is 22.3 Å². The number of halogens is 4. The number of carbonyl (C=O) groups excluding carboxylic acids is 3. The number of esters is 1. The van der Waals surface area contributed by atoms with Crippen molar-refractivity contribution >= 4 is 35.1 Å². The second-order valence-corrected chi connectivity index (χ2v) is 11.9. The molecule has 0 aromatic heterocycles. The molecule has 0 aliphatic rings. The van der Waals surface area contributed by atoms with Crippen LogP contribution < -0.4 is 15.4 Å². The third-order valence-electron chi connectivity index (χ3n) is 7.93. The fourth-order valence-electron chi connectivity index (χ4n) is 5.68. The first-order chi connectivity index (χ1) is 23.4. The van der Waals surface area contributed by atoms with Crippen molar-refractivity contribution in [3.05, 3.63) is 118 Å². The number of nitrogens with one attached hydrogen (secondary N) is 2. The molecule has 0 unspecified atom stereocenters. The molecule has 2 atom stereocenters. The van der Waals surface area contributed by atoms with Crippen LogP contribution >= 0.6 is 11.6 Å². The summed E-state index contributed by atoms with van der Waals surface area (Å²) in [6.45, 7) is 6.02. The van der Waals surface area contributed by atoms with E-state index in [1.807, 2.05) is 44.2 Å². The monoisotopic (exact) mass is 694 g/mol. The summed E-state index contributed by atoms with van der Waals surface area (Å²) in [5, 5.41) is 6.34. The molecule has 7 nitrogen and oxygen atoms in total. The number of hydrogen-bond donors (Lipinski definition) is 2. The van der Waals surface area contributed by atoms with Crippen LogP contribution in [0.3, 0.4) is 0 Å². The van der Waals surface area contributed by atoms with Gasteiger partial charge < -0.3 is 20.1 Å². The molecule has 4 aromatic carbocycles. The molecule has 4 rings (SSSR count). The van der Waals surface area contributed by atoms with Crippen LogP contribution in [0.15, 0.2) is 91.0 Å². The molecule has 0 radical (unpaired) electrons. The normalized spacial score (nSPS) is 12.5. The van der Waals surface area contributed by atoms with E-state index in [1.165, 1.54) is 24.3 Å². The predicted octanol–water partition coefficient (Wildman–Crippen LogP) is 9.20. The first-order valence-corrected chi connectivity index (χ1v) is 16.3. The van der Waals surface area contributed by atoms with Gasteiger partial charge in [-0.15, -0.1) is 13.2 Å². The molecule has 0 saturated carbocycles. The van der Waals surface area contributed by atoms with Gasteiger partial charge in [0.1, 0.15) is 5.75 Å². The minimum atomic E-state index is -4.85. The van der Waals surface area contributed by atoms with Crippen molar-refractivity contribution < 1.29 is 37.0 Å². The van der Waals surface area contributed by atoms with Gasteiger partial charge in [-0.1, -0.05) is 67.4 Å². The van der Waals surface area contributed by atoms with Gasteiger partial charge in [-0.25, -0.2) is 0 Å². The van der Waals surface area contributed by atoms with Gasteiger partial charge in [0.05, 0.1) is 18.9 Å². The standard InChI is InChI=1S/C38H38ClF3N2O5/c1-4-6-33(26-7-9-28(10-8-26)36(46)43-22-21-34(45)48-5-2)35(27-13-18-31(19-14-27)49-38(40,41)42)37(47)44-30-16-11-25(12-17-30)32-20-15-29(39)23-24(32)3/h7-20,23,33,35H,4-6,21-22H2,1-3H3,(H,43,46)(H,44,47)/t33-,35+/m0/s1. The number of amides is 2. The molecule has 258 valence electrons. The highest BCUT2D eigenvalue weighted by Gasteiger charge is 2.33. The minimum absolute atomic E-state index is 0.0450.